The molecule has 0 radical (unpaired) electrons. The molecule has 0 rings (SSSR count). The maximum atomic E-state index is 12.6. The highest BCUT2D eigenvalue weighted by Gasteiger charge is 2.20. The van der Waals surface area contributed by atoms with Gasteiger partial charge >= 0.3 is 5.97 Å². The first kappa shape index (κ1) is 80.1. The summed E-state index contributed by atoms with van der Waals surface area (Å²) >= 11 is 0. The molecule has 6 nitrogen and oxygen atoms in total. The number of rotatable bonds is 70. The summed E-state index contributed by atoms with van der Waals surface area (Å²) < 4.78 is 5.49. The number of hydrogen-bond acceptors (Lipinski definition) is 5. The van der Waals surface area contributed by atoms with Crippen LogP contribution in [0.2, 0.25) is 0 Å². The second-order valence-electron chi connectivity index (χ2n) is 25.6. The summed E-state index contributed by atoms with van der Waals surface area (Å²) in [6.07, 6.45) is 92.0. The van der Waals surface area contributed by atoms with Gasteiger partial charge in [-0.25, -0.2) is 0 Å². The van der Waals surface area contributed by atoms with E-state index in [1.54, 1.807) is 0 Å². The molecule has 0 aliphatic carbocycles. The summed E-state index contributed by atoms with van der Waals surface area (Å²) in [5, 5.41) is 23.5. The molecule has 0 saturated heterocycles. The molecule has 3 N–H and O–H groups in total. The van der Waals surface area contributed by atoms with Crippen molar-refractivity contribution in [3.05, 3.63) is 36.5 Å². The van der Waals surface area contributed by atoms with Gasteiger partial charge in [-0.1, -0.05) is 352 Å². The lowest BCUT2D eigenvalue weighted by Crippen LogP contribution is -2.45. The highest BCUT2D eigenvalue weighted by Crippen LogP contribution is 2.19. The number of carbonyl (C=O) groups is 2. The van der Waals surface area contributed by atoms with Gasteiger partial charge < -0.3 is 20.3 Å². The number of carbonyl (C=O) groups excluding carboxylic acids is 2. The first-order chi connectivity index (χ1) is 40.5. The minimum absolute atomic E-state index is 0.000999. The molecule has 82 heavy (non-hydrogen) atoms. The molecule has 0 bridgehead atoms. The molecule has 0 aromatic carbocycles. The molecular formula is C76H145NO5. The fourth-order valence-electron chi connectivity index (χ4n) is 11.7. The molecule has 0 spiro atoms. The van der Waals surface area contributed by atoms with Crippen molar-refractivity contribution < 1.29 is 24.5 Å². The number of ether oxygens (including phenoxy) is 1. The Labute approximate surface area is 513 Å². The quantitative estimate of drug-likeness (QED) is 0.0320. The maximum absolute atomic E-state index is 12.6. The lowest BCUT2D eigenvalue weighted by atomic mass is 10.0. The van der Waals surface area contributed by atoms with Gasteiger partial charge in [0.1, 0.15) is 0 Å². The fraction of sp³-hybridized carbons (Fsp3) is 0.895. The van der Waals surface area contributed by atoms with Crippen LogP contribution in [-0.2, 0) is 14.3 Å². The van der Waals surface area contributed by atoms with Crippen LogP contribution in [0.15, 0.2) is 36.5 Å². The topological polar surface area (TPSA) is 95.9 Å². The molecule has 484 valence electrons. The summed E-state index contributed by atoms with van der Waals surface area (Å²) in [5.41, 5.74) is 0. The van der Waals surface area contributed by atoms with Crippen molar-refractivity contribution in [3.63, 3.8) is 0 Å². The Balaban J connectivity index is 3.40. The Hall–Kier alpha value is -1.92. The molecule has 0 aliphatic heterocycles. The van der Waals surface area contributed by atoms with Gasteiger partial charge in [0, 0.05) is 12.8 Å². The van der Waals surface area contributed by atoms with Crippen LogP contribution in [0.3, 0.4) is 0 Å². The lowest BCUT2D eigenvalue weighted by molar-refractivity contribution is -0.143. The van der Waals surface area contributed by atoms with Gasteiger partial charge in [-0.05, 0) is 83.5 Å². The van der Waals surface area contributed by atoms with Crippen molar-refractivity contribution in [1.82, 2.24) is 5.32 Å². The minimum Gasteiger partial charge on any atom is -0.466 e. The number of amides is 1. The molecule has 6 heteroatoms. The van der Waals surface area contributed by atoms with Gasteiger partial charge in [-0.2, -0.15) is 0 Å². The number of nitrogens with one attached hydrogen (secondary N) is 1. The third-order valence-electron chi connectivity index (χ3n) is 17.4. The SMILES string of the molecule is CCCCC/C=C\C/C=C\CCCCCCCC(=O)OCCCCCCCCCCCCCC/C=C\CCCCCCCCCCCCC(=O)NC(CO)C(O)CCCCCCCCCCCCCCCCCCCCCCCCCC. The number of aliphatic hydroxyl groups is 2. The third-order valence-corrected chi connectivity index (χ3v) is 17.4. The van der Waals surface area contributed by atoms with E-state index in [9.17, 15) is 19.8 Å². The highest BCUT2D eigenvalue weighted by atomic mass is 16.5. The molecule has 1 amide bonds. The largest absolute Gasteiger partial charge is 0.466 e. The Bertz CT molecular complexity index is 1330. The Kier molecular flexibility index (Phi) is 69.9. The van der Waals surface area contributed by atoms with Gasteiger partial charge in [0.15, 0.2) is 0 Å². The van der Waals surface area contributed by atoms with E-state index in [0.717, 1.165) is 51.4 Å². The Morgan fingerprint density at radius 2 is 0.610 bits per heavy atom. The van der Waals surface area contributed by atoms with E-state index < -0.39 is 12.1 Å². The number of esters is 1. The van der Waals surface area contributed by atoms with E-state index in [-0.39, 0.29) is 18.5 Å². The predicted molar refractivity (Wildman–Crippen MR) is 361 cm³/mol. The van der Waals surface area contributed by atoms with E-state index >= 15 is 0 Å². The molecule has 0 aromatic heterocycles. The van der Waals surface area contributed by atoms with E-state index in [1.807, 2.05) is 0 Å². The van der Waals surface area contributed by atoms with Crippen LogP contribution in [0.1, 0.15) is 412 Å². The standard InChI is InChI=1S/C76H145NO5/c1-3-5-7-9-11-13-15-17-19-20-21-22-23-28-31-34-37-41-44-48-52-56-60-64-68-74(79)73(72-78)77-75(80)69-65-61-57-53-49-45-42-38-35-32-29-26-24-25-27-30-33-36-39-43-47-51-55-59-63-67-71-82-76(81)70-66-62-58-54-50-46-40-18-16-14-12-10-8-6-4-2/h12,14,18,24,26,40,73-74,78-79H,3-11,13,15-17,19-23,25,27-39,41-72H2,1-2H3,(H,77,80)/b14-12-,26-24-,40-18-. The molecule has 0 fully saturated rings. The molecule has 0 aromatic rings. The van der Waals surface area contributed by atoms with Crippen molar-refractivity contribution in [2.45, 2.75) is 424 Å². The minimum atomic E-state index is -0.668. The van der Waals surface area contributed by atoms with E-state index in [1.165, 1.54) is 327 Å². The average molecular weight is 1150 g/mol. The third kappa shape index (κ3) is 67.2. The van der Waals surface area contributed by atoms with Crippen molar-refractivity contribution in [1.29, 1.82) is 0 Å². The highest BCUT2D eigenvalue weighted by molar-refractivity contribution is 5.76. The number of hydrogen-bond donors (Lipinski definition) is 3. The summed E-state index contributed by atoms with van der Waals surface area (Å²) in [7, 11) is 0. The van der Waals surface area contributed by atoms with Crippen molar-refractivity contribution >= 4 is 11.9 Å². The van der Waals surface area contributed by atoms with Crippen molar-refractivity contribution in [3.8, 4) is 0 Å². The molecule has 0 saturated carbocycles. The lowest BCUT2D eigenvalue weighted by Gasteiger charge is -2.22. The Morgan fingerprint density at radius 1 is 0.341 bits per heavy atom. The van der Waals surface area contributed by atoms with E-state index in [2.05, 4.69) is 55.6 Å². The zero-order chi connectivity index (χ0) is 59.2. The van der Waals surface area contributed by atoms with Crippen LogP contribution in [0.5, 0.6) is 0 Å². The summed E-state index contributed by atoms with van der Waals surface area (Å²) in [6.45, 7) is 4.96. The molecule has 2 unspecified atom stereocenters. The maximum Gasteiger partial charge on any atom is 0.305 e. The number of allylic oxidation sites excluding steroid dienone is 6. The van der Waals surface area contributed by atoms with Crippen LogP contribution in [0, 0.1) is 0 Å². The van der Waals surface area contributed by atoms with E-state index in [4.69, 9.17) is 4.74 Å². The van der Waals surface area contributed by atoms with Crippen LogP contribution in [0.4, 0.5) is 0 Å². The monoisotopic (exact) mass is 1150 g/mol. The first-order valence-corrected chi connectivity index (χ1v) is 37.2. The Morgan fingerprint density at radius 3 is 0.963 bits per heavy atom. The molecule has 0 aliphatic rings. The van der Waals surface area contributed by atoms with E-state index in [0.29, 0.717) is 25.9 Å². The van der Waals surface area contributed by atoms with Gasteiger partial charge in [0.2, 0.25) is 5.91 Å². The summed E-state index contributed by atoms with van der Waals surface area (Å²) in [5.74, 6) is -0.0312. The summed E-state index contributed by atoms with van der Waals surface area (Å²) in [6, 6.07) is -0.545. The summed E-state index contributed by atoms with van der Waals surface area (Å²) in [4.78, 5) is 24.6. The van der Waals surface area contributed by atoms with Gasteiger partial charge in [-0.15, -0.1) is 0 Å². The van der Waals surface area contributed by atoms with Crippen LogP contribution < -0.4 is 5.32 Å². The number of aliphatic hydroxyl groups excluding tert-OH is 2. The average Bonchev–Trinajstić information content (AvgIpc) is 3.48. The van der Waals surface area contributed by atoms with Gasteiger partial charge in [-0.3, -0.25) is 9.59 Å². The van der Waals surface area contributed by atoms with Gasteiger partial charge in [0.05, 0.1) is 25.4 Å². The zero-order valence-corrected chi connectivity index (χ0v) is 55.5. The first-order valence-electron chi connectivity index (χ1n) is 37.2. The second-order valence-corrected chi connectivity index (χ2v) is 25.6. The van der Waals surface area contributed by atoms with Crippen LogP contribution in [-0.4, -0.2) is 47.4 Å². The van der Waals surface area contributed by atoms with Crippen molar-refractivity contribution in [2.75, 3.05) is 13.2 Å². The molecule has 2 atom stereocenters. The smallest absolute Gasteiger partial charge is 0.305 e. The van der Waals surface area contributed by atoms with Gasteiger partial charge in [0.25, 0.3) is 0 Å². The normalized spacial score (nSPS) is 12.7. The molecular weight excluding hydrogens is 1010 g/mol. The second kappa shape index (κ2) is 71.6. The van der Waals surface area contributed by atoms with Crippen LogP contribution >= 0.6 is 0 Å². The zero-order valence-electron chi connectivity index (χ0n) is 55.5. The predicted octanol–water partition coefficient (Wildman–Crippen LogP) is 24.3. The van der Waals surface area contributed by atoms with Crippen LogP contribution in [0.25, 0.3) is 0 Å². The molecule has 0 heterocycles. The fourth-order valence-corrected chi connectivity index (χ4v) is 11.7. The number of unbranched alkanes of at least 4 members (excludes halogenated alkanes) is 53. The van der Waals surface area contributed by atoms with Crippen molar-refractivity contribution in [2.24, 2.45) is 0 Å².